The molecule has 0 aliphatic heterocycles. The quantitative estimate of drug-likeness (QED) is 0.763. The Labute approximate surface area is 134 Å². The fourth-order valence-corrected chi connectivity index (χ4v) is 2.52. The fourth-order valence-electron chi connectivity index (χ4n) is 2.52. The predicted octanol–water partition coefficient (Wildman–Crippen LogP) is 1.66. The molecule has 6 nitrogen and oxygen atoms in total. The zero-order chi connectivity index (χ0) is 16.4. The molecule has 3 rings (SSSR count). The van der Waals surface area contributed by atoms with Crippen molar-refractivity contribution >= 4 is 16.6 Å². The number of aromatic nitrogens is 3. The van der Waals surface area contributed by atoms with Crippen LogP contribution in [0.15, 0.2) is 42.5 Å². The van der Waals surface area contributed by atoms with Gasteiger partial charge in [-0.2, -0.15) is 0 Å². The van der Waals surface area contributed by atoms with Crippen molar-refractivity contribution in [3.05, 3.63) is 59.5 Å². The van der Waals surface area contributed by atoms with E-state index in [9.17, 15) is 10.2 Å². The highest BCUT2D eigenvalue weighted by atomic mass is 16.3. The summed E-state index contributed by atoms with van der Waals surface area (Å²) >= 11 is 0. The Morgan fingerprint density at radius 1 is 1.00 bits per heavy atom. The van der Waals surface area contributed by atoms with Crippen molar-refractivity contribution in [1.29, 1.82) is 0 Å². The molecule has 2 heterocycles. The van der Waals surface area contributed by atoms with Gasteiger partial charge in [-0.25, -0.2) is 0 Å². The van der Waals surface area contributed by atoms with Gasteiger partial charge in [-0.1, -0.05) is 30.3 Å². The lowest BCUT2D eigenvalue weighted by Gasteiger charge is -2.17. The molecule has 0 saturated heterocycles. The van der Waals surface area contributed by atoms with Gasteiger partial charge in [0.05, 0.1) is 18.0 Å². The molecule has 0 radical (unpaired) electrons. The molecule has 0 bridgehead atoms. The summed E-state index contributed by atoms with van der Waals surface area (Å²) in [6.07, 6.45) is -1.00. The molecule has 0 fully saturated rings. The Balaban J connectivity index is 2.14. The molecular formula is C17H18N4O2. The van der Waals surface area contributed by atoms with Crippen LogP contribution in [0.3, 0.4) is 0 Å². The van der Waals surface area contributed by atoms with Gasteiger partial charge in [0.25, 0.3) is 0 Å². The lowest BCUT2D eigenvalue weighted by molar-refractivity contribution is 0.209. The van der Waals surface area contributed by atoms with E-state index in [4.69, 9.17) is 0 Å². The van der Waals surface area contributed by atoms with Crippen LogP contribution in [-0.2, 0) is 6.61 Å². The smallest absolute Gasteiger partial charge is 0.158 e. The maximum atomic E-state index is 10.7. The highest BCUT2D eigenvalue weighted by molar-refractivity contribution is 5.93. The number of fused-ring (bicyclic) bond motifs is 1. The van der Waals surface area contributed by atoms with Gasteiger partial charge in [-0.15, -0.1) is 10.2 Å². The Bertz CT molecular complexity index is 836. The first-order valence-corrected chi connectivity index (χ1v) is 7.29. The second kappa shape index (κ2) is 6.28. The molecule has 3 aromatic rings. The topological polar surface area (TPSA) is 82.4 Å². The minimum absolute atomic E-state index is 0.174. The summed E-state index contributed by atoms with van der Waals surface area (Å²) < 4.78 is 0. The van der Waals surface area contributed by atoms with E-state index in [1.54, 1.807) is 18.2 Å². The van der Waals surface area contributed by atoms with Gasteiger partial charge in [0, 0.05) is 24.9 Å². The number of rotatable bonds is 4. The fraction of sp³-hybridized carbons (Fsp3) is 0.235. The lowest BCUT2D eigenvalue weighted by Crippen LogP contribution is -2.14. The van der Waals surface area contributed by atoms with E-state index >= 15 is 0 Å². The SMILES string of the molecule is CN(C)c1nnc(C(O)c2cccc(CO)n2)c2ccccc12. The molecule has 1 unspecified atom stereocenters. The number of pyridine rings is 1. The number of hydrogen-bond acceptors (Lipinski definition) is 6. The molecule has 0 amide bonds. The number of benzene rings is 1. The molecule has 23 heavy (non-hydrogen) atoms. The summed E-state index contributed by atoms with van der Waals surface area (Å²) in [4.78, 5) is 6.14. The van der Waals surface area contributed by atoms with E-state index in [1.165, 1.54) is 0 Å². The Hall–Kier alpha value is -2.57. The average Bonchev–Trinajstić information content (AvgIpc) is 2.60. The number of aliphatic hydroxyl groups excluding tert-OH is 2. The summed E-state index contributed by atoms with van der Waals surface area (Å²) in [5.74, 6) is 0.744. The van der Waals surface area contributed by atoms with Crippen LogP contribution in [-0.4, -0.2) is 39.5 Å². The number of anilines is 1. The van der Waals surface area contributed by atoms with Gasteiger partial charge >= 0.3 is 0 Å². The van der Waals surface area contributed by atoms with Gasteiger partial charge in [-0.3, -0.25) is 4.98 Å². The standard InChI is InChI=1S/C17H18N4O2/c1-21(2)17-13-8-4-3-7-12(13)15(19-20-17)16(23)14-9-5-6-11(10-22)18-14/h3-9,16,22-23H,10H2,1-2H3. The van der Waals surface area contributed by atoms with E-state index in [0.717, 1.165) is 16.6 Å². The molecule has 118 valence electrons. The number of hydrogen-bond donors (Lipinski definition) is 2. The summed E-state index contributed by atoms with van der Waals surface area (Å²) in [6, 6.07) is 12.9. The lowest BCUT2D eigenvalue weighted by atomic mass is 10.0. The molecular weight excluding hydrogens is 292 g/mol. The number of nitrogens with zero attached hydrogens (tertiary/aromatic N) is 4. The molecule has 6 heteroatoms. The van der Waals surface area contributed by atoms with Gasteiger partial charge in [-0.05, 0) is 12.1 Å². The van der Waals surface area contributed by atoms with Crippen LogP contribution >= 0.6 is 0 Å². The predicted molar refractivity (Wildman–Crippen MR) is 88.1 cm³/mol. The minimum Gasteiger partial charge on any atom is -0.390 e. The monoisotopic (exact) mass is 310 g/mol. The summed E-state index contributed by atoms with van der Waals surface area (Å²) in [5, 5.41) is 30.1. The van der Waals surface area contributed by atoms with Gasteiger partial charge in [0.2, 0.25) is 0 Å². The molecule has 0 aliphatic rings. The first-order chi connectivity index (χ1) is 11.1. The zero-order valence-corrected chi connectivity index (χ0v) is 13.0. The Kier molecular flexibility index (Phi) is 4.18. The van der Waals surface area contributed by atoms with Crippen molar-refractivity contribution in [2.75, 3.05) is 19.0 Å². The third kappa shape index (κ3) is 2.86. The maximum Gasteiger partial charge on any atom is 0.158 e. The largest absolute Gasteiger partial charge is 0.390 e. The summed E-state index contributed by atoms with van der Waals surface area (Å²) in [5.41, 5.74) is 1.39. The van der Waals surface area contributed by atoms with Crippen LogP contribution in [0, 0.1) is 0 Å². The highest BCUT2D eigenvalue weighted by Gasteiger charge is 2.19. The van der Waals surface area contributed by atoms with E-state index in [1.807, 2.05) is 43.3 Å². The minimum atomic E-state index is -1.00. The van der Waals surface area contributed by atoms with E-state index in [-0.39, 0.29) is 6.61 Å². The van der Waals surface area contributed by atoms with Crippen molar-refractivity contribution in [3.8, 4) is 0 Å². The van der Waals surface area contributed by atoms with Crippen LogP contribution in [0.1, 0.15) is 23.2 Å². The molecule has 2 N–H and O–H groups in total. The molecule has 2 aromatic heterocycles. The maximum absolute atomic E-state index is 10.7. The van der Waals surface area contributed by atoms with Gasteiger partial charge in [0.1, 0.15) is 11.8 Å². The van der Waals surface area contributed by atoms with Crippen LogP contribution in [0.2, 0.25) is 0 Å². The second-order valence-electron chi connectivity index (χ2n) is 5.46. The Morgan fingerprint density at radius 2 is 1.74 bits per heavy atom. The molecule has 0 aliphatic carbocycles. The summed E-state index contributed by atoms with van der Waals surface area (Å²) in [7, 11) is 3.80. The third-order valence-corrected chi connectivity index (χ3v) is 3.65. The van der Waals surface area contributed by atoms with E-state index < -0.39 is 6.10 Å². The molecule has 1 atom stereocenters. The van der Waals surface area contributed by atoms with Crippen LogP contribution in [0.25, 0.3) is 10.8 Å². The number of aliphatic hydroxyl groups is 2. The normalized spacial score (nSPS) is 12.3. The van der Waals surface area contributed by atoms with Crippen molar-refractivity contribution in [3.63, 3.8) is 0 Å². The third-order valence-electron chi connectivity index (χ3n) is 3.65. The molecule has 0 spiro atoms. The van der Waals surface area contributed by atoms with Crippen molar-refractivity contribution < 1.29 is 10.2 Å². The van der Waals surface area contributed by atoms with E-state index in [0.29, 0.717) is 17.1 Å². The van der Waals surface area contributed by atoms with Crippen molar-refractivity contribution in [2.24, 2.45) is 0 Å². The van der Waals surface area contributed by atoms with Crippen LogP contribution in [0.4, 0.5) is 5.82 Å². The molecule has 0 saturated carbocycles. The van der Waals surface area contributed by atoms with Crippen LogP contribution in [0.5, 0.6) is 0 Å². The van der Waals surface area contributed by atoms with Crippen molar-refractivity contribution in [1.82, 2.24) is 15.2 Å². The van der Waals surface area contributed by atoms with Crippen molar-refractivity contribution in [2.45, 2.75) is 12.7 Å². The molecule has 1 aromatic carbocycles. The van der Waals surface area contributed by atoms with Gasteiger partial charge in [0.15, 0.2) is 5.82 Å². The first-order valence-electron chi connectivity index (χ1n) is 7.29. The van der Waals surface area contributed by atoms with Gasteiger partial charge < -0.3 is 15.1 Å². The Morgan fingerprint density at radius 3 is 2.43 bits per heavy atom. The summed E-state index contributed by atoms with van der Waals surface area (Å²) in [6.45, 7) is -0.174. The second-order valence-corrected chi connectivity index (χ2v) is 5.46. The van der Waals surface area contributed by atoms with E-state index in [2.05, 4.69) is 15.2 Å². The zero-order valence-electron chi connectivity index (χ0n) is 13.0. The first kappa shape index (κ1) is 15.3. The highest BCUT2D eigenvalue weighted by Crippen LogP contribution is 2.30. The average molecular weight is 310 g/mol. The van der Waals surface area contributed by atoms with Crippen LogP contribution < -0.4 is 4.90 Å².